The SMILES string of the molecule is CN=C(NCCCCn1cnnc1)NCC(C)Oc1ccccc1OC. The highest BCUT2D eigenvalue weighted by atomic mass is 16.5. The van der Waals surface area contributed by atoms with E-state index in [0.29, 0.717) is 6.54 Å². The predicted octanol–water partition coefficient (Wildman–Crippen LogP) is 1.70. The molecule has 2 N–H and O–H groups in total. The number of rotatable bonds is 10. The van der Waals surface area contributed by atoms with E-state index in [1.807, 2.05) is 35.8 Å². The molecule has 0 spiro atoms. The molecule has 0 saturated carbocycles. The van der Waals surface area contributed by atoms with E-state index in [1.165, 1.54) is 0 Å². The second-order valence-electron chi connectivity index (χ2n) is 5.87. The lowest BCUT2D eigenvalue weighted by Crippen LogP contribution is -2.42. The Labute approximate surface area is 154 Å². The standard InChI is InChI=1S/C18H28N6O2/c1-15(26-17-9-5-4-8-16(17)25-3)12-21-18(19-2)20-10-6-7-11-24-13-22-23-14-24/h4-5,8-9,13-15H,6-7,10-12H2,1-3H3,(H2,19,20,21). The molecule has 0 aliphatic rings. The van der Waals surface area contributed by atoms with E-state index in [4.69, 9.17) is 9.47 Å². The highest BCUT2D eigenvalue weighted by Crippen LogP contribution is 2.26. The predicted molar refractivity (Wildman–Crippen MR) is 102 cm³/mol. The molecule has 1 aromatic carbocycles. The van der Waals surface area contributed by atoms with Gasteiger partial charge in [0, 0.05) is 20.1 Å². The van der Waals surface area contributed by atoms with Crippen molar-refractivity contribution in [2.45, 2.75) is 32.4 Å². The van der Waals surface area contributed by atoms with Gasteiger partial charge in [0.1, 0.15) is 18.8 Å². The van der Waals surface area contributed by atoms with E-state index in [-0.39, 0.29) is 6.10 Å². The van der Waals surface area contributed by atoms with Gasteiger partial charge in [-0.25, -0.2) is 0 Å². The minimum atomic E-state index is -0.0291. The van der Waals surface area contributed by atoms with E-state index >= 15 is 0 Å². The highest BCUT2D eigenvalue weighted by molar-refractivity contribution is 5.79. The summed E-state index contributed by atoms with van der Waals surface area (Å²) in [5.41, 5.74) is 0. The second-order valence-corrected chi connectivity index (χ2v) is 5.87. The van der Waals surface area contributed by atoms with Crippen molar-refractivity contribution in [3.8, 4) is 11.5 Å². The number of nitrogens with one attached hydrogen (secondary N) is 2. The van der Waals surface area contributed by atoms with E-state index in [0.717, 1.165) is 43.4 Å². The number of para-hydroxylation sites is 2. The van der Waals surface area contributed by atoms with Crippen LogP contribution in [-0.4, -0.2) is 54.1 Å². The second kappa shape index (κ2) is 11.0. The van der Waals surface area contributed by atoms with Crippen molar-refractivity contribution in [3.05, 3.63) is 36.9 Å². The molecule has 1 unspecified atom stereocenters. The fraction of sp³-hybridized carbons (Fsp3) is 0.500. The summed E-state index contributed by atoms with van der Waals surface area (Å²) in [7, 11) is 3.40. The third-order valence-electron chi connectivity index (χ3n) is 3.78. The van der Waals surface area contributed by atoms with Crippen LogP contribution in [0.3, 0.4) is 0 Å². The number of hydrogen-bond acceptors (Lipinski definition) is 5. The first kappa shape index (κ1) is 19.6. The first-order valence-electron chi connectivity index (χ1n) is 8.79. The Bertz CT molecular complexity index is 659. The van der Waals surface area contributed by atoms with Gasteiger partial charge in [0.2, 0.25) is 0 Å². The molecular formula is C18H28N6O2. The average molecular weight is 360 g/mol. The number of ether oxygens (including phenoxy) is 2. The molecular weight excluding hydrogens is 332 g/mol. The summed E-state index contributed by atoms with van der Waals surface area (Å²) < 4.78 is 13.2. The van der Waals surface area contributed by atoms with Crippen LogP contribution in [0.25, 0.3) is 0 Å². The van der Waals surface area contributed by atoms with Crippen LogP contribution in [-0.2, 0) is 6.54 Å². The van der Waals surface area contributed by atoms with Gasteiger partial charge in [0.05, 0.1) is 13.7 Å². The maximum Gasteiger partial charge on any atom is 0.191 e. The lowest BCUT2D eigenvalue weighted by Gasteiger charge is -2.19. The molecule has 0 amide bonds. The summed E-state index contributed by atoms with van der Waals surface area (Å²) in [6.07, 6.45) is 5.52. The number of methoxy groups -OCH3 is 1. The van der Waals surface area contributed by atoms with Crippen LogP contribution in [0.15, 0.2) is 41.9 Å². The maximum atomic E-state index is 5.93. The third kappa shape index (κ3) is 6.62. The number of aromatic nitrogens is 3. The first-order valence-corrected chi connectivity index (χ1v) is 8.79. The maximum absolute atomic E-state index is 5.93. The van der Waals surface area contributed by atoms with Crippen molar-refractivity contribution in [2.24, 2.45) is 4.99 Å². The number of benzene rings is 1. The number of guanidine groups is 1. The minimum absolute atomic E-state index is 0.0291. The molecule has 1 heterocycles. The van der Waals surface area contributed by atoms with Crippen LogP contribution in [0.2, 0.25) is 0 Å². The number of aryl methyl sites for hydroxylation is 1. The van der Waals surface area contributed by atoms with Gasteiger partial charge >= 0.3 is 0 Å². The third-order valence-corrected chi connectivity index (χ3v) is 3.78. The smallest absolute Gasteiger partial charge is 0.191 e. The Morgan fingerprint density at radius 1 is 1.15 bits per heavy atom. The summed E-state index contributed by atoms with van der Waals surface area (Å²) in [5, 5.41) is 14.2. The summed E-state index contributed by atoms with van der Waals surface area (Å²) in [6.45, 7) is 4.42. The first-order chi connectivity index (χ1) is 12.7. The molecule has 142 valence electrons. The zero-order valence-electron chi connectivity index (χ0n) is 15.7. The van der Waals surface area contributed by atoms with Crippen LogP contribution in [0.5, 0.6) is 11.5 Å². The fourth-order valence-electron chi connectivity index (χ4n) is 2.40. The quantitative estimate of drug-likeness (QED) is 0.381. The van der Waals surface area contributed by atoms with E-state index < -0.39 is 0 Å². The number of unbranched alkanes of at least 4 members (excludes halogenated alkanes) is 1. The van der Waals surface area contributed by atoms with Crippen molar-refractivity contribution >= 4 is 5.96 Å². The van der Waals surface area contributed by atoms with Crippen molar-refractivity contribution in [1.82, 2.24) is 25.4 Å². The molecule has 26 heavy (non-hydrogen) atoms. The Kier molecular flexibility index (Phi) is 8.25. The van der Waals surface area contributed by atoms with Gasteiger partial charge in [-0.15, -0.1) is 10.2 Å². The largest absolute Gasteiger partial charge is 0.493 e. The summed E-state index contributed by atoms with van der Waals surface area (Å²) >= 11 is 0. The van der Waals surface area contributed by atoms with Crippen LogP contribution in [0.1, 0.15) is 19.8 Å². The van der Waals surface area contributed by atoms with E-state index in [9.17, 15) is 0 Å². The van der Waals surface area contributed by atoms with Crippen LogP contribution in [0, 0.1) is 0 Å². The Balaban J connectivity index is 1.64. The summed E-state index contributed by atoms with van der Waals surface area (Å²) in [4.78, 5) is 4.24. The molecule has 8 nitrogen and oxygen atoms in total. The zero-order valence-corrected chi connectivity index (χ0v) is 15.7. The average Bonchev–Trinajstić information content (AvgIpc) is 3.18. The summed E-state index contributed by atoms with van der Waals surface area (Å²) in [6, 6.07) is 7.63. The Hall–Kier alpha value is -2.77. The molecule has 0 bridgehead atoms. The number of hydrogen-bond donors (Lipinski definition) is 2. The molecule has 2 aromatic rings. The van der Waals surface area contributed by atoms with Gasteiger partial charge in [-0.2, -0.15) is 0 Å². The molecule has 2 rings (SSSR count). The topological polar surface area (TPSA) is 85.6 Å². The lowest BCUT2D eigenvalue weighted by atomic mass is 10.3. The molecule has 1 aromatic heterocycles. The number of nitrogens with zero attached hydrogens (tertiary/aromatic N) is 4. The Morgan fingerprint density at radius 2 is 1.88 bits per heavy atom. The molecule has 8 heteroatoms. The van der Waals surface area contributed by atoms with Crippen molar-refractivity contribution in [2.75, 3.05) is 27.2 Å². The molecule has 0 radical (unpaired) electrons. The molecule has 0 saturated heterocycles. The van der Waals surface area contributed by atoms with Crippen LogP contribution < -0.4 is 20.1 Å². The van der Waals surface area contributed by atoms with Crippen LogP contribution >= 0.6 is 0 Å². The Morgan fingerprint density at radius 3 is 2.58 bits per heavy atom. The van der Waals surface area contributed by atoms with Gasteiger partial charge in [0.15, 0.2) is 17.5 Å². The van der Waals surface area contributed by atoms with Gasteiger partial charge < -0.3 is 24.7 Å². The minimum Gasteiger partial charge on any atom is -0.493 e. The fourth-order valence-corrected chi connectivity index (χ4v) is 2.40. The van der Waals surface area contributed by atoms with Gasteiger partial charge in [-0.3, -0.25) is 4.99 Å². The number of aliphatic imine (C=N–C) groups is 1. The monoisotopic (exact) mass is 360 g/mol. The molecule has 0 aliphatic carbocycles. The lowest BCUT2D eigenvalue weighted by molar-refractivity contribution is 0.213. The molecule has 0 aliphatic heterocycles. The zero-order chi connectivity index (χ0) is 18.6. The van der Waals surface area contributed by atoms with E-state index in [2.05, 4.69) is 25.8 Å². The van der Waals surface area contributed by atoms with Gasteiger partial charge in [0.25, 0.3) is 0 Å². The van der Waals surface area contributed by atoms with Gasteiger partial charge in [-0.1, -0.05) is 12.1 Å². The van der Waals surface area contributed by atoms with E-state index in [1.54, 1.807) is 26.8 Å². The van der Waals surface area contributed by atoms with Crippen LogP contribution in [0.4, 0.5) is 0 Å². The molecule has 0 fully saturated rings. The summed E-state index contributed by atoms with van der Waals surface area (Å²) in [5.74, 6) is 2.24. The van der Waals surface area contributed by atoms with Crippen molar-refractivity contribution in [3.63, 3.8) is 0 Å². The normalized spacial score (nSPS) is 12.5. The van der Waals surface area contributed by atoms with Crippen molar-refractivity contribution in [1.29, 1.82) is 0 Å². The van der Waals surface area contributed by atoms with Gasteiger partial charge in [-0.05, 0) is 31.9 Å². The van der Waals surface area contributed by atoms with Crippen molar-refractivity contribution < 1.29 is 9.47 Å². The molecule has 1 atom stereocenters. The highest BCUT2D eigenvalue weighted by Gasteiger charge is 2.09.